The molecule has 2 aromatic carbocycles. The molecule has 0 spiro atoms. The fourth-order valence-electron chi connectivity index (χ4n) is 4.95. The third-order valence-corrected chi connectivity index (χ3v) is 6.98. The molecule has 2 N–H and O–H groups in total. The number of carbonyl (C=O) groups excluding carboxylic acids is 1. The van der Waals surface area contributed by atoms with Gasteiger partial charge >= 0.3 is 0 Å². The lowest BCUT2D eigenvalue weighted by atomic mass is 9.98. The molecule has 5 rings (SSSR count). The molecular weight excluding hydrogens is 474 g/mol. The minimum Gasteiger partial charge on any atom is -0.455 e. The molecule has 1 fully saturated rings. The number of nitrogens with two attached hydrogens (primary N) is 1. The first-order chi connectivity index (χ1) is 18.3. The van der Waals surface area contributed by atoms with Gasteiger partial charge in [-0.2, -0.15) is 0 Å². The van der Waals surface area contributed by atoms with Crippen molar-refractivity contribution in [1.82, 2.24) is 19.4 Å². The molecule has 1 atom stereocenters. The number of carbonyl (C=O) groups is 1. The topological polar surface area (TPSA) is 86.3 Å². The number of ketones is 1. The summed E-state index contributed by atoms with van der Waals surface area (Å²) in [6.45, 7) is 8.63. The Morgan fingerprint density at radius 3 is 2.61 bits per heavy atom. The fraction of sp³-hybridized carbons (Fsp3) is 0.323. The smallest absolute Gasteiger partial charge is 0.167 e. The highest BCUT2D eigenvalue weighted by atomic mass is 16.5. The largest absolute Gasteiger partial charge is 0.455 e. The number of benzene rings is 2. The van der Waals surface area contributed by atoms with Gasteiger partial charge < -0.3 is 15.0 Å². The van der Waals surface area contributed by atoms with Crippen LogP contribution in [-0.2, 0) is 13.0 Å². The van der Waals surface area contributed by atoms with Crippen LogP contribution in [0.25, 0.3) is 5.69 Å². The van der Waals surface area contributed by atoms with E-state index in [0.29, 0.717) is 23.5 Å². The van der Waals surface area contributed by atoms with Gasteiger partial charge in [-0.15, -0.1) is 0 Å². The Kier molecular flexibility index (Phi) is 7.67. The number of hydrogen-bond donors (Lipinski definition) is 1. The minimum absolute atomic E-state index is 0.0433. The number of pyridine rings is 1. The summed E-state index contributed by atoms with van der Waals surface area (Å²) in [5, 5.41) is 0. The van der Waals surface area contributed by atoms with Crippen molar-refractivity contribution in [3.63, 3.8) is 0 Å². The van der Waals surface area contributed by atoms with Crippen molar-refractivity contribution in [1.29, 1.82) is 0 Å². The lowest BCUT2D eigenvalue weighted by Crippen LogP contribution is -2.42. The zero-order chi connectivity index (χ0) is 26.6. The predicted octanol–water partition coefficient (Wildman–Crippen LogP) is 5.33. The zero-order valence-corrected chi connectivity index (χ0v) is 22.4. The average molecular weight is 510 g/mol. The summed E-state index contributed by atoms with van der Waals surface area (Å²) >= 11 is 0. The van der Waals surface area contributed by atoms with Crippen molar-refractivity contribution in [3.05, 3.63) is 101 Å². The van der Waals surface area contributed by atoms with Crippen LogP contribution < -0.4 is 10.5 Å². The molecule has 0 amide bonds. The highest BCUT2D eigenvalue weighted by Crippen LogP contribution is 2.27. The number of hydrogen-bond acceptors (Lipinski definition) is 6. The molecule has 0 saturated carbocycles. The van der Waals surface area contributed by atoms with Gasteiger partial charge in [0.2, 0.25) is 0 Å². The molecule has 1 saturated heterocycles. The summed E-state index contributed by atoms with van der Waals surface area (Å²) in [4.78, 5) is 24.6. The second-order valence-electron chi connectivity index (χ2n) is 10.4. The maximum Gasteiger partial charge on any atom is 0.167 e. The molecule has 2 aromatic heterocycles. The Balaban J connectivity index is 1.39. The number of aryl methyl sites for hydroxylation is 3. The quantitative estimate of drug-likeness (QED) is 0.323. The third-order valence-electron chi connectivity index (χ3n) is 6.98. The normalized spacial score (nSPS) is 15.9. The first-order valence-electron chi connectivity index (χ1n) is 13.2. The van der Waals surface area contributed by atoms with Gasteiger partial charge in [-0.3, -0.25) is 14.7 Å². The van der Waals surface area contributed by atoms with E-state index in [4.69, 9.17) is 10.5 Å². The first-order valence-corrected chi connectivity index (χ1v) is 13.2. The van der Waals surface area contributed by atoms with Crippen LogP contribution in [0.15, 0.2) is 67.3 Å². The molecule has 0 aliphatic carbocycles. The van der Waals surface area contributed by atoms with Crippen LogP contribution in [0.2, 0.25) is 0 Å². The summed E-state index contributed by atoms with van der Waals surface area (Å²) in [5.74, 6) is 1.35. The van der Waals surface area contributed by atoms with E-state index >= 15 is 0 Å². The SMILES string of the molecule is Cc1ccc(Oc2cc(C(=O)Cc3cc(CN4CCC[C@H](N)C4)cc(-n4cnc(C)c4)c3)ccc2C)cn1. The first kappa shape index (κ1) is 25.8. The van der Waals surface area contributed by atoms with Gasteiger partial charge in [0.25, 0.3) is 0 Å². The van der Waals surface area contributed by atoms with Gasteiger partial charge in [0.15, 0.2) is 5.78 Å². The second-order valence-corrected chi connectivity index (χ2v) is 10.4. The third kappa shape index (κ3) is 6.36. The van der Waals surface area contributed by atoms with E-state index in [9.17, 15) is 4.79 Å². The molecule has 196 valence electrons. The van der Waals surface area contributed by atoms with Gasteiger partial charge in [0, 0.05) is 48.7 Å². The van der Waals surface area contributed by atoms with Crippen molar-refractivity contribution in [3.8, 4) is 17.2 Å². The predicted molar refractivity (Wildman–Crippen MR) is 149 cm³/mol. The Bertz CT molecular complexity index is 1430. The molecule has 0 unspecified atom stereocenters. The molecule has 7 nitrogen and oxygen atoms in total. The van der Waals surface area contributed by atoms with Crippen molar-refractivity contribution >= 4 is 5.78 Å². The van der Waals surface area contributed by atoms with Crippen LogP contribution in [0, 0.1) is 20.8 Å². The van der Waals surface area contributed by atoms with E-state index in [0.717, 1.165) is 60.7 Å². The Morgan fingerprint density at radius 2 is 1.87 bits per heavy atom. The van der Waals surface area contributed by atoms with Crippen LogP contribution in [0.1, 0.15) is 51.3 Å². The van der Waals surface area contributed by atoms with E-state index in [1.54, 1.807) is 6.20 Å². The van der Waals surface area contributed by atoms with E-state index in [1.165, 1.54) is 5.56 Å². The molecule has 38 heavy (non-hydrogen) atoms. The Hall–Kier alpha value is -3.81. The summed E-state index contributed by atoms with van der Waals surface area (Å²) < 4.78 is 8.07. The van der Waals surface area contributed by atoms with E-state index < -0.39 is 0 Å². The van der Waals surface area contributed by atoms with Crippen LogP contribution in [0.4, 0.5) is 0 Å². The standard InChI is InChI=1S/C31H35N5O2/c1-21-6-8-26(15-31(21)38-29-9-7-22(2)33-16-29)30(37)14-24-11-25(18-35-10-4-5-27(32)19-35)13-28(12-24)36-17-23(3)34-20-36/h6-9,11-13,15-17,20,27H,4-5,10,14,18-19,32H2,1-3H3/t27-/m0/s1. The molecule has 0 bridgehead atoms. The van der Waals surface area contributed by atoms with Gasteiger partial charge in [0.05, 0.1) is 18.2 Å². The second kappa shape index (κ2) is 11.3. The number of imidazole rings is 1. The maximum absolute atomic E-state index is 13.5. The van der Waals surface area contributed by atoms with Gasteiger partial charge in [0.1, 0.15) is 11.5 Å². The molecule has 1 aliphatic heterocycles. The van der Waals surface area contributed by atoms with Gasteiger partial charge in [-0.1, -0.05) is 18.2 Å². The van der Waals surface area contributed by atoms with Gasteiger partial charge in [-0.05, 0) is 87.2 Å². The molecule has 1 aliphatic rings. The van der Waals surface area contributed by atoms with E-state index in [-0.39, 0.29) is 11.8 Å². The van der Waals surface area contributed by atoms with E-state index in [2.05, 4.69) is 33.1 Å². The number of ether oxygens (including phenoxy) is 1. The van der Waals surface area contributed by atoms with Crippen LogP contribution in [-0.4, -0.2) is 44.3 Å². The molecule has 0 radical (unpaired) electrons. The number of aromatic nitrogens is 3. The number of piperidine rings is 1. The average Bonchev–Trinajstić information content (AvgIpc) is 3.33. The monoisotopic (exact) mass is 509 g/mol. The summed E-state index contributed by atoms with van der Waals surface area (Å²) in [6, 6.07) is 16.1. The number of likely N-dealkylation sites (tertiary alicyclic amines) is 1. The zero-order valence-electron chi connectivity index (χ0n) is 22.4. The highest BCUT2D eigenvalue weighted by molar-refractivity contribution is 5.98. The number of nitrogens with zero attached hydrogens (tertiary/aromatic N) is 4. The maximum atomic E-state index is 13.5. The summed E-state index contributed by atoms with van der Waals surface area (Å²) in [6.07, 6.45) is 8.01. The summed E-state index contributed by atoms with van der Waals surface area (Å²) in [5.41, 5.74) is 12.8. The van der Waals surface area contributed by atoms with E-state index in [1.807, 2.05) is 68.2 Å². The van der Waals surface area contributed by atoms with Gasteiger partial charge in [-0.25, -0.2) is 4.98 Å². The van der Waals surface area contributed by atoms with Crippen molar-refractivity contribution in [2.24, 2.45) is 5.73 Å². The number of rotatable bonds is 8. The Morgan fingerprint density at radius 1 is 1.03 bits per heavy atom. The Labute approximate surface area is 224 Å². The lowest BCUT2D eigenvalue weighted by molar-refractivity contribution is 0.0992. The fourth-order valence-corrected chi connectivity index (χ4v) is 4.95. The van der Waals surface area contributed by atoms with Crippen LogP contribution >= 0.6 is 0 Å². The van der Waals surface area contributed by atoms with Crippen molar-refractivity contribution in [2.75, 3.05) is 13.1 Å². The van der Waals surface area contributed by atoms with Crippen LogP contribution in [0.3, 0.4) is 0 Å². The molecule has 4 aromatic rings. The lowest BCUT2D eigenvalue weighted by Gasteiger charge is -2.30. The molecule has 7 heteroatoms. The molecule has 3 heterocycles. The van der Waals surface area contributed by atoms with Crippen molar-refractivity contribution < 1.29 is 9.53 Å². The highest BCUT2D eigenvalue weighted by Gasteiger charge is 2.18. The number of Topliss-reactive ketones (excluding diaryl/α,β-unsaturated/α-hetero) is 1. The molecular formula is C31H35N5O2. The minimum atomic E-state index is 0.0433. The van der Waals surface area contributed by atoms with Crippen LogP contribution in [0.5, 0.6) is 11.5 Å². The summed E-state index contributed by atoms with van der Waals surface area (Å²) in [7, 11) is 0. The van der Waals surface area contributed by atoms with Crippen molar-refractivity contribution in [2.45, 2.75) is 52.6 Å².